The van der Waals surface area contributed by atoms with Gasteiger partial charge < -0.3 is 24.4 Å². The van der Waals surface area contributed by atoms with E-state index in [-0.39, 0.29) is 24.3 Å². The highest BCUT2D eigenvalue weighted by Gasteiger charge is 2.37. The average Bonchev–Trinajstić information content (AvgIpc) is 3.56. The molecule has 4 heterocycles. The van der Waals surface area contributed by atoms with Gasteiger partial charge in [-0.25, -0.2) is 9.48 Å². The molecule has 1 aliphatic heterocycles. The van der Waals surface area contributed by atoms with Gasteiger partial charge in [0.25, 0.3) is 0 Å². The lowest BCUT2D eigenvalue weighted by atomic mass is 9.84. The van der Waals surface area contributed by atoms with Crippen LogP contribution in [-0.4, -0.2) is 49.2 Å². The number of carboxylic acid groups (broad SMARTS) is 1. The molecular weight excluding hydrogens is 617 g/mol. The van der Waals surface area contributed by atoms with Crippen LogP contribution in [0.25, 0.3) is 11.3 Å². The molecule has 1 saturated heterocycles. The van der Waals surface area contributed by atoms with Gasteiger partial charge in [0.1, 0.15) is 29.6 Å². The Balaban J connectivity index is 1.18. The first-order valence-corrected chi connectivity index (χ1v) is 15.2. The highest BCUT2D eigenvalue weighted by molar-refractivity contribution is 6.38. The number of rotatable bonds is 9. The van der Waals surface area contributed by atoms with Crippen LogP contribution in [-0.2, 0) is 12.2 Å². The number of aromatic nitrogens is 4. The second-order valence-corrected chi connectivity index (χ2v) is 12.5. The molecule has 2 fully saturated rings. The van der Waals surface area contributed by atoms with Crippen LogP contribution >= 0.6 is 34.8 Å². The summed E-state index contributed by atoms with van der Waals surface area (Å²) in [6.45, 7) is 5.07. The molecule has 13 heteroatoms. The van der Waals surface area contributed by atoms with Gasteiger partial charge >= 0.3 is 5.97 Å². The molecule has 0 spiro atoms. The summed E-state index contributed by atoms with van der Waals surface area (Å²) in [5.41, 5.74) is 1.31. The lowest BCUT2D eigenvalue weighted by Gasteiger charge is -2.40. The summed E-state index contributed by atoms with van der Waals surface area (Å²) in [4.78, 5) is 17.6. The smallest absolute Gasteiger partial charge is 0.356 e. The molecule has 2 aliphatic rings. The van der Waals surface area contributed by atoms with Crippen molar-refractivity contribution in [2.45, 2.75) is 63.7 Å². The Labute approximate surface area is 263 Å². The summed E-state index contributed by atoms with van der Waals surface area (Å²) in [5.74, 6) is 1.21. The number of aromatic carboxylic acids is 1. The van der Waals surface area contributed by atoms with E-state index in [2.05, 4.69) is 20.1 Å². The molecule has 6 rings (SSSR count). The van der Waals surface area contributed by atoms with E-state index in [9.17, 15) is 15.0 Å². The summed E-state index contributed by atoms with van der Waals surface area (Å²) in [7, 11) is 0. The maximum atomic E-state index is 11.6. The first-order chi connectivity index (χ1) is 20.6. The number of hydrogen-bond donors (Lipinski definition) is 2. The molecule has 0 radical (unpaired) electrons. The molecule has 10 nitrogen and oxygen atoms in total. The van der Waals surface area contributed by atoms with Crippen LogP contribution in [0.3, 0.4) is 0 Å². The summed E-state index contributed by atoms with van der Waals surface area (Å²) < 4.78 is 13.6. The van der Waals surface area contributed by atoms with Crippen molar-refractivity contribution in [3.8, 4) is 17.0 Å². The normalized spacial score (nSPS) is 16.6. The number of ether oxygens (including phenoxy) is 1. The molecule has 3 aromatic heterocycles. The highest BCUT2D eigenvalue weighted by atomic mass is 35.5. The quantitative estimate of drug-likeness (QED) is 0.195. The zero-order valence-electron chi connectivity index (χ0n) is 23.6. The van der Waals surface area contributed by atoms with E-state index in [1.54, 1.807) is 28.9 Å². The third kappa shape index (κ3) is 5.81. The van der Waals surface area contributed by atoms with Crippen LogP contribution < -0.4 is 9.64 Å². The Morgan fingerprint density at radius 3 is 2.42 bits per heavy atom. The zero-order valence-corrected chi connectivity index (χ0v) is 25.8. The minimum atomic E-state index is -1.15. The Hall–Kier alpha value is -3.31. The monoisotopic (exact) mass is 645 g/mol. The number of aliphatic hydroxyl groups is 1. The predicted molar refractivity (Wildman–Crippen MR) is 162 cm³/mol. The predicted octanol–water partition coefficient (Wildman–Crippen LogP) is 7.12. The molecule has 2 N–H and O–H groups in total. The van der Waals surface area contributed by atoms with Crippen molar-refractivity contribution >= 4 is 46.6 Å². The van der Waals surface area contributed by atoms with Gasteiger partial charge in [0.2, 0.25) is 0 Å². The summed E-state index contributed by atoms with van der Waals surface area (Å²) in [6, 6.07) is 6.84. The van der Waals surface area contributed by atoms with Crippen LogP contribution in [0.1, 0.15) is 78.9 Å². The largest absolute Gasteiger partial charge is 0.489 e. The molecule has 226 valence electrons. The van der Waals surface area contributed by atoms with Crippen LogP contribution in [0, 0.1) is 0 Å². The SMILES string of the molecule is CC(C)n1nc(C(=O)O)cc1N1CCC(O)(c2ccc(OCc3c(-c4c(Cl)cncc4Cl)noc3C3CC3)cc2Cl)CC1. The second-order valence-electron chi connectivity index (χ2n) is 11.3. The molecule has 43 heavy (non-hydrogen) atoms. The zero-order chi connectivity index (χ0) is 30.5. The van der Waals surface area contributed by atoms with E-state index in [4.69, 9.17) is 44.1 Å². The lowest BCUT2D eigenvalue weighted by Crippen LogP contribution is -2.43. The molecule has 0 amide bonds. The van der Waals surface area contributed by atoms with Crippen molar-refractivity contribution in [3.63, 3.8) is 0 Å². The minimum absolute atomic E-state index is 0.00212. The lowest BCUT2D eigenvalue weighted by molar-refractivity contribution is 0.0115. The number of anilines is 1. The number of carboxylic acids is 1. The third-order valence-electron chi connectivity index (χ3n) is 8.02. The Morgan fingerprint density at radius 1 is 1.12 bits per heavy atom. The molecule has 0 unspecified atom stereocenters. The fourth-order valence-electron chi connectivity index (χ4n) is 5.56. The summed E-state index contributed by atoms with van der Waals surface area (Å²) >= 11 is 19.6. The van der Waals surface area contributed by atoms with Gasteiger partial charge in [-0.2, -0.15) is 5.10 Å². The van der Waals surface area contributed by atoms with Crippen molar-refractivity contribution < 1.29 is 24.3 Å². The number of piperidine rings is 1. The van der Waals surface area contributed by atoms with Crippen LogP contribution in [0.4, 0.5) is 5.82 Å². The number of nitrogens with zero attached hydrogens (tertiary/aromatic N) is 5. The molecule has 4 aromatic rings. The summed E-state index contributed by atoms with van der Waals surface area (Å²) in [6.07, 6.45) is 5.85. The van der Waals surface area contributed by atoms with E-state index in [0.717, 1.165) is 30.0 Å². The minimum Gasteiger partial charge on any atom is -0.489 e. The fourth-order valence-corrected chi connectivity index (χ4v) is 6.45. The molecule has 1 aromatic carbocycles. The maximum Gasteiger partial charge on any atom is 0.356 e. The van der Waals surface area contributed by atoms with E-state index in [1.165, 1.54) is 12.4 Å². The number of halogens is 3. The molecule has 0 bridgehead atoms. The van der Waals surface area contributed by atoms with Crippen molar-refractivity contribution in [2.75, 3.05) is 18.0 Å². The van der Waals surface area contributed by atoms with Gasteiger partial charge in [0, 0.05) is 54.6 Å². The Bertz CT molecular complexity index is 1650. The van der Waals surface area contributed by atoms with E-state index in [1.807, 2.05) is 13.8 Å². The van der Waals surface area contributed by atoms with Crippen LogP contribution in [0.5, 0.6) is 5.75 Å². The van der Waals surface area contributed by atoms with Crippen molar-refractivity contribution in [1.82, 2.24) is 19.9 Å². The van der Waals surface area contributed by atoms with E-state index >= 15 is 0 Å². The molecule has 0 atom stereocenters. The third-order valence-corrected chi connectivity index (χ3v) is 8.91. The van der Waals surface area contributed by atoms with Gasteiger partial charge in [-0.15, -0.1) is 0 Å². The standard InChI is InChI=1S/C30H30Cl3N5O5/c1-16(2)38-25(12-24(35-38)29(39)40)37-9-7-30(41,8-10-37)20-6-5-18(11-21(20)31)42-15-19-27(36-43-28(19)17-3-4-17)26-22(32)13-34-14-23(26)33/h5-6,11-14,16-17,41H,3-4,7-10,15H2,1-2H3,(H,39,40). The fraction of sp³-hybridized carbons (Fsp3) is 0.400. The Kier molecular flexibility index (Phi) is 8.06. The number of carbonyl (C=O) groups is 1. The topological polar surface area (TPSA) is 127 Å². The van der Waals surface area contributed by atoms with Crippen LogP contribution in [0.15, 0.2) is 41.2 Å². The Morgan fingerprint density at radius 2 is 1.81 bits per heavy atom. The second kappa shape index (κ2) is 11.6. The van der Waals surface area contributed by atoms with Gasteiger partial charge in [-0.05, 0) is 51.7 Å². The van der Waals surface area contributed by atoms with Gasteiger partial charge in [0.15, 0.2) is 5.69 Å². The van der Waals surface area contributed by atoms with E-state index in [0.29, 0.717) is 63.6 Å². The molecular formula is C30H30Cl3N5O5. The number of pyridine rings is 1. The maximum absolute atomic E-state index is 11.6. The van der Waals surface area contributed by atoms with Crippen molar-refractivity contribution in [3.05, 3.63) is 74.3 Å². The van der Waals surface area contributed by atoms with E-state index < -0.39 is 11.6 Å². The van der Waals surface area contributed by atoms with Gasteiger partial charge in [-0.3, -0.25) is 4.98 Å². The van der Waals surface area contributed by atoms with Gasteiger partial charge in [0.05, 0.1) is 26.2 Å². The van der Waals surface area contributed by atoms with Crippen molar-refractivity contribution in [1.29, 1.82) is 0 Å². The summed E-state index contributed by atoms with van der Waals surface area (Å²) in [5, 5.41) is 30.7. The first kappa shape index (κ1) is 29.7. The number of benzene rings is 1. The highest BCUT2D eigenvalue weighted by Crippen LogP contribution is 2.46. The van der Waals surface area contributed by atoms with Gasteiger partial charge in [-0.1, -0.05) is 46.0 Å². The first-order valence-electron chi connectivity index (χ1n) is 14.1. The molecule has 1 aliphatic carbocycles. The number of hydrogen-bond acceptors (Lipinski definition) is 8. The molecule has 1 saturated carbocycles. The van der Waals surface area contributed by atoms with Crippen LogP contribution in [0.2, 0.25) is 15.1 Å². The average molecular weight is 647 g/mol. The van der Waals surface area contributed by atoms with Crippen molar-refractivity contribution in [2.24, 2.45) is 0 Å².